The number of carbonyl (C=O) groups is 1. The molecule has 29 heavy (non-hydrogen) atoms. The second-order valence-corrected chi connectivity index (χ2v) is 5.79. The molecule has 0 saturated heterocycles. The Hall–Kier alpha value is -2.88. The van der Waals surface area contributed by atoms with E-state index in [1.54, 1.807) is 13.0 Å². The Labute approximate surface area is 170 Å². The normalized spacial score (nSPS) is 13.0. The van der Waals surface area contributed by atoms with E-state index in [1.165, 1.54) is 16.9 Å². The number of nitrogens with two attached hydrogens (primary N) is 1. The Bertz CT molecular complexity index is 826. The van der Waals surface area contributed by atoms with Crippen LogP contribution in [0.15, 0.2) is 49.0 Å². The number of alkyl halides is 4. The number of hydrogen-bond acceptors (Lipinski definition) is 4. The number of allylic oxidation sites excluding steroid dienone is 2. The van der Waals surface area contributed by atoms with Crippen molar-refractivity contribution in [2.45, 2.75) is 20.0 Å². The van der Waals surface area contributed by atoms with Gasteiger partial charge in [-0.3, -0.25) is 4.79 Å². The first-order valence-electron chi connectivity index (χ1n) is 8.20. The lowest BCUT2D eigenvalue weighted by molar-refractivity contribution is -0.470. The summed E-state index contributed by atoms with van der Waals surface area (Å²) < 4.78 is 55.5. The molecule has 0 saturated carbocycles. The molecule has 0 spiro atoms. The van der Waals surface area contributed by atoms with Gasteiger partial charge in [-0.25, -0.2) is 13.8 Å². The number of nitrogens with one attached hydrogen (secondary N) is 1. The minimum atomic E-state index is -3.11. The highest BCUT2D eigenvalue weighted by Gasteiger charge is 2.20. The van der Waals surface area contributed by atoms with Gasteiger partial charge in [0, 0.05) is 18.5 Å². The van der Waals surface area contributed by atoms with Crippen molar-refractivity contribution in [1.82, 2.24) is 10.3 Å². The third-order valence-corrected chi connectivity index (χ3v) is 3.68. The zero-order valence-electron chi connectivity index (χ0n) is 15.4. The third kappa shape index (κ3) is 7.57. The molecular weight excluding hydrogens is 416 g/mol. The number of pyridine rings is 1. The van der Waals surface area contributed by atoms with E-state index >= 15 is 0 Å². The van der Waals surface area contributed by atoms with Crippen LogP contribution in [0.5, 0.6) is 5.88 Å². The molecule has 0 atom stereocenters. The van der Waals surface area contributed by atoms with Crippen LogP contribution >= 0.6 is 11.6 Å². The second-order valence-electron chi connectivity index (χ2n) is 5.38. The van der Waals surface area contributed by atoms with Crippen LogP contribution in [0.4, 0.5) is 17.6 Å². The molecule has 1 amide bonds. The van der Waals surface area contributed by atoms with Gasteiger partial charge in [-0.1, -0.05) is 18.2 Å². The molecule has 0 unspecified atom stereocenters. The fourth-order valence-electron chi connectivity index (χ4n) is 2.23. The second kappa shape index (κ2) is 11.8. The average Bonchev–Trinajstić information content (AvgIpc) is 2.65. The van der Waals surface area contributed by atoms with Gasteiger partial charge in [-0.15, -0.1) is 0 Å². The van der Waals surface area contributed by atoms with E-state index in [0.717, 1.165) is 18.5 Å². The molecule has 0 radical (unpaired) electrons. The standard InChI is InChI=1S/C18H19ClF4N4O2/c1-3-5-27(10-15(20)21)14(4-2)12(7-24)9-25-16(28)11-6-13(19)17(26-8-11)29-18(22)23/h3-8,15,18,24H,2,9-10H2,1H3,(H,25,28)/p+1/b5-3-. The molecule has 3 N–H and O–H groups in total. The van der Waals surface area contributed by atoms with Crippen LogP contribution in [0, 0.1) is 0 Å². The van der Waals surface area contributed by atoms with Crippen LogP contribution in [0.1, 0.15) is 17.3 Å². The zero-order chi connectivity index (χ0) is 22.0. The van der Waals surface area contributed by atoms with Crippen molar-refractivity contribution in [1.29, 1.82) is 0 Å². The zero-order valence-corrected chi connectivity index (χ0v) is 16.2. The maximum absolute atomic E-state index is 12.8. The molecule has 0 aliphatic rings. The van der Waals surface area contributed by atoms with Crippen molar-refractivity contribution in [3.63, 3.8) is 0 Å². The van der Waals surface area contributed by atoms with Gasteiger partial charge in [0.15, 0.2) is 6.20 Å². The number of rotatable bonds is 10. The van der Waals surface area contributed by atoms with Crippen LogP contribution in [-0.4, -0.2) is 47.3 Å². The Morgan fingerprint density at radius 2 is 2.14 bits per heavy atom. The van der Waals surface area contributed by atoms with Gasteiger partial charge in [-0.05, 0) is 19.1 Å². The van der Waals surface area contributed by atoms with Crippen molar-refractivity contribution in [2.24, 2.45) is 5.73 Å². The third-order valence-electron chi connectivity index (χ3n) is 3.41. The van der Waals surface area contributed by atoms with Crippen LogP contribution in [-0.2, 0) is 0 Å². The van der Waals surface area contributed by atoms with Gasteiger partial charge < -0.3 is 15.8 Å². The molecular formula is C18H20ClF4N4O2+. The highest BCUT2D eigenvalue weighted by molar-refractivity contribution is 6.32. The Morgan fingerprint density at radius 1 is 1.45 bits per heavy atom. The van der Waals surface area contributed by atoms with Gasteiger partial charge in [0.1, 0.15) is 5.02 Å². The summed E-state index contributed by atoms with van der Waals surface area (Å²) in [5.74, 6) is -1.16. The number of aromatic nitrogens is 1. The van der Waals surface area contributed by atoms with E-state index in [9.17, 15) is 22.4 Å². The fraction of sp³-hybridized carbons (Fsp3) is 0.278. The van der Waals surface area contributed by atoms with E-state index < -0.39 is 31.4 Å². The maximum Gasteiger partial charge on any atom is 0.388 e. The highest BCUT2D eigenvalue weighted by atomic mass is 35.5. The molecule has 1 heterocycles. The number of ether oxygens (including phenoxy) is 1. The van der Waals surface area contributed by atoms with Gasteiger partial charge in [0.25, 0.3) is 12.3 Å². The summed E-state index contributed by atoms with van der Waals surface area (Å²) >= 11 is 5.77. The highest BCUT2D eigenvalue weighted by Crippen LogP contribution is 2.23. The van der Waals surface area contributed by atoms with E-state index in [4.69, 9.17) is 17.3 Å². The van der Waals surface area contributed by atoms with E-state index in [-0.39, 0.29) is 22.8 Å². The Morgan fingerprint density at radius 3 is 2.62 bits per heavy atom. The lowest BCUT2D eigenvalue weighted by Gasteiger charge is -2.10. The molecule has 0 fully saturated rings. The molecule has 158 valence electrons. The van der Waals surface area contributed by atoms with Gasteiger partial charge >= 0.3 is 6.61 Å². The van der Waals surface area contributed by atoms with Crippen molar-refractivity contribution < 1.29 is 31.7 Å². The topological polar surface area (TPSA) is 80.2 Å². The quantitative estimate of drug-likeness (QED) is 0.335. The Balaban J connectivity index is 2.99. The maximum atomic E-state index is 12.8. The molecule has 6 nitrogen and oxygen atoms in total. The summed E-state index contributed by atoms with van der Waals surface area (Å²) in [6.45, 7) is 1.43. The molecule has 1 aromatic heterocycles. The van der Waals surface area contributed by atoms with Crippen molar-refractivity contribution in [3.8, 4) is 5.88 Å². The molecule has 0 bridgehead atoms. The van der Waals surface area contributed by atoms with E-state index in [0.29, 0.717) is 5.57 Å². The van der Waals surface area contributed by atoms with Gasteiger partial charge in [0.05, 0.1) is 17.7 Å². The molecule has 1 rings (SSSR count). The van der Waals surface area contributed by atoms with Crippen LogP contribution < -0.4 is 15.8 Å². The number of carbonyl (C=O) groups excluding carboxylic acids is 1. The summed E-state index contributed by atoms with van der Waals surface area (Å²) in [6, 6.07) is 1.11. The summed E-state index contributed by atoms with van der Waals surface area (Å²) in [5, 5.41) is 2.24. The Kier molecular flexibility index (Phi) is 9.87. The van der Waals surface area contributed by atoms with E-state index in [1.807, 2.05) is 0 Å². The van der Waals surface area contributed by atoms with Crippen molar-refractivity contribution >= 4 is 23.2 Å². The average molecular weight is 436 g/mol. The minimum absolute atomic E-state index is 0.0222. The minimum Gasteiger partial charge on any atom is -0.415 e. The first-order chi connectivity index (χ1) is 13.7. The number of amides is 1. The van der Waals surface area contributed by atoms with E-state index in [2.05, 4.69) is 21.6 Å². The summed E-state index contributed by atoms with van der Waals surface area (Å²) in [6.07, 6.45) is 3.88. The first-order valence-corrected chi connectivity index (χ1v) is 8.57. The molecule has 1 aromatic rings. The SMILES string of the molecule is C=CC(/C(=C\N)CNC(=O)c1cnc(OC(F)F)c(Cl)c1)=[N+](/C=C\C)CC(F)F. The predicted molar refractivity (Wildman–Crippen MR) is 102 cm³/mol. The monoisotopic (exact) mass is 435 g/mol. The van der Waals surface area contributed by atoms with Gasteiger partial charge in [-0.2, -0.15) is 13.4 Å². The molecule has 11 heteroatoms. The lowest BCUT2D eigenvalue weighted by Crippen LogP contribution is -2.31. The summed E-state index contributed by atoms with van der Waals surface area (Å²) in [5.41, 5.74) is 6.17. The van der Waals surface area contributed by atoms with Crippen LogP contribution in [0.25, 0.3) is 0 Å². The van der Waals surface area contributed by atoms with Crippen molar-refractivity contribution in [3.05, 3.63) is 59.6 Å². The molecule has 0 aliphatic heterocycles. The first kappa shape index (κ1) is 24.2. The van der Waals surface area contributed by atoms with Gasteiger partial charge in [0.2, 0.25) is 18.1 Å². The van der Waals surface area contributed by atoms with Crippen LogP contribution in [0.3, 0.4) is 0 Å². The number of nitrogens with zero attached hydrogens (tertiary/aromatic N) is 2. The van der Waals surface area contributed by atoms with Crippen LogP contribution in [0.2, 0.25) is 5.02 Å². The predicted octanol–water partition coefficient (Wildman–Crippen LogP) is 3.35. The smallest absolute Gasteiger partial charge is 0.388 e. The summed E-state index contributed by atoms with van der Waals surface area (Å²) in [4.78, 5) is 15.9. The van der Waals surface area contributed by atoms with Crippen molar-refractivity contribution in [2.75, 3.05) is 13.1 Å². The molecule has 0 aliphatic carbocycles. The fourth-order valence-corrected chi connectivity index (χ4v) is 2.44. The number of hydrogen-bond donors (Lipinski definition) is 2. The summed E-state index contributed by atoms with van der Waals surface area (Å²) in [7, 11) is 0. The largest absolute Gasteiger partial charge is 0.415 e. The molecule has 0 aromatic carbocycles. The lowest BCUT2D eigenvalue weighted by atomic mass is 10.1. The number of halogens is 5.